The second-order valence-corrected chi connectivity index (χ2v) is 6.93. The first kappa shape index (κ1) is 13.6. The molecule has 0 saturated carbocycles. The van der Waals surface area contributed by atoms with Crippen LogP contribution in [0.3, 0.4) is 0 Å². The average molecular weight is 279 g/mol. The summed E-state index contributed by atoms with van der Waals surface area (Å²) >= 11 is 3.66. The predicted octanol–water partition coefficient (Wildman–Crippen LogP) is 5.49. The van der Waals surface area contributed by atoms with Crippen molar-refractivity contribution >= 4 is 28.4 Å². The molecular weight excluding hydrogens is 258 g/mol. The number of thiophene rings is 2. The van der Waals surface area contributed by atoms with Gasteiger partial charge in [-0.05, 0) is 37.5 Å². The summed E-state index contributed by atoms with van der Waals surface area (Å²) in [6.45, 7) is 4.45. The molecule has 0 aliphatic heterocycles. The van der Waals surface area contributed by atoms with Crippen LogP contribution in [0.25, 0.3) is 9.75 Å². The molecule has 2 heterocycles. The summed E-state index contributed by atoms with van der Waals surface area (Å²) in [5.41, 5.74) is 8.22. The van der Waals surface area contributed by atoms with Gasteiger partial charge in [0.1, 0.15) is 0 Å². The van der Waals surface area contributed by atoms with Crippen LogP contribution in [0.4, 0.5) is 5.69 Å². The van der Waals surface area contributed by atoms with Crippen LogP contribution < -0.4 is 5.73 Å². The molecule has 0 fully saturated rings. The summed E-state index contributed by atoms with van der Waals surface area (Å²) in [7, 11) is 0. The predicted molar refractivity (Wildman–Crippen MR) is 84.6 cm³/mol. The van der Waals surface area contributed by atoms with E-state index in [1.807, 2.05) is 16.7 Å². The Morgan fingerprint density at radius 1 is 1.17 bits per heavy atom. The van der Waals surface area contributed by atoms with Crippen LogP contribution in [0.5, 0.6) is 0 Å². The molecule has 2 rings (SSSR count). The SMILES string of the molecule is CCCCCCc1cc(C)sc1-c1cc(N)cs1. The van der Waals surface area contributed by atoms with Crippen molar-refractivity contribution in [1.82, 2.24) is 0 Å². The molecule has 1 nitrogen and oxygen atoms in total. The van der Waals surface area contributed by atoms with Crippen LogP contribution >= 0.6 is 22.7 Å². The smallest absolute Gasteiger partial charge is 0.0478 e. The molecule has 0 radical (unpaired) electrons. The number of aryl methyl sites for hydroxylation is 2. The van der Waals surface area contributed by atoms with Gasteiger partial charge in [0.05, 0.1) is 0 Å². The molecule has 0 bridgehead atoms. The molecule has 0 aromatic carbocycles. The van der Waals surface area contributed by atoms with Gasteiger partial charge in [0.15, 0.2) is 0 Å². The van der Waals surface area contributed by atoms with Crippen LogP contribution in [0.2, 0.25) is 0 Å². The first-order valence-corrected chi connectivity index (χ1v) is 8.34. The Kier molecular flexibility index (Phi) is 4.84. The normalized spacial score (nSPS) is 11.0. The van der Waals surface area contributed by atoms with Crippen molar-refractivity contribution in [1.29, 1.82) is 0 Å². The fraction of sp³-hybridized carbons (Fsp3) is 0.467. The van der Waals surface area contributed by atoms with E-state index < -0.39 is 0 Å². The number of hydrogen-bond acceptors (Lipinski definition) is 3. The zero-order chi connectivity index (χ0) is 13.0. The fourth-order valence-corrected chi connectivity index (χ4v) is 4.19. The van der Waals surface area contributed by atoms with Gasteiger partial charge in [-0.3, -0.25) is 0 Å². The standard InChI is InChI=1S/C15H21NS2/c1-3-4-5-6-7-12-8-11(2)18-15(12)14-9-13(16)10-17-14/h8-10H,3-7,16H2,1-2H3. The van der Waals surface area contributed by atoms with Gasteiger partial charge in [0.2, 0.25) is 0 Å². The van der Waals surface area contributed by atoms with Gasteiger partial charge < -0.3 is 5.73 Å². The maximum Gasteiger partial charge on any atom is 0.0478 e. The Labute approximate surface area is 118 Å². The summed E-state index contributed by atoms with van der Waals surface area (Å²) in [5.74, 6) is 0. The van der Waals surface area contributed by atoms with Gasteiger partial charge >= 0.3 is 0 Å². The summed E-state index contributed by atoms with van der Waals surface area (Å²) in [4.78, 5) is 4.17. The van der Waals surface area contributed by atoms with Gasteiger partial charge in [-0.15, -0.1) is 22.7 Å². The first-order valence-electron chi connectivity index (χ1n) is 6.64. The van der Waals surface area contributed by atoms with E-state index in [2.05, 4.69) is 26.0 Å². The molecule has 0 unspecified atom stereocenters. The van der Waals surface area contributed by atoms with Crippen molar-refractivity contribution in [2.24, 2.45) is 0 Å². The van der Waals surface area contributed by atoms with Crippen LogP contribution in [-0.2, 0) is 6.42 Å². The lowest BCUT2D eigenvalue weighted by molar-refractivity contribution is 0.668. The fourth-order valence-electron chi connectivity index (χ4n) is 2.17. The molecule has 2 aromatic rings. The highest BCUT2D eigenvalue weighted by atomic mass is 32.1. The molecule has 18 heavy (non-hydrogen) atoms. The van der Waals surface area contributed by atoms with Crippen LogP contribution in [0, 0.1) is 6.92 Å². The average Bonchev–Trinajstić information content (AvgIpc) is 2.91. The zero-order valence-corrected chi connectivity index (χ0v) is 12.8. The molecule has 0 atom stereocenters. The maximum absolute atomic E-state index is 5.83. The molecule has 0 aliphatic carbocycles. The molecular formula is C15H21NS2. The summed E-state index contributed by atoms with van der Waals surface area (Å²) in [5, 5.41) is 2.03. The Morgan fingerprint density at radius 3 is 2.67 bits per heavy atom. The topological polar surface area (TPSA) is 26.0 Å². The third kappa shape index (κ3) is 3.36. The second-order valence-electron chi connectivity index (χ2n) is 4.77. The molecule has 2 aromatic heterocycles. The van der Waals surface area contributed by atoms with Crippen molar-refractivity contribution in [2.75, 3.05) is 5.73 Å². The van der Waals surface area contributed by atoms with Gasteiger partial charge in [0.25, 0.3) is 0 Å². The lowest BCUT2D eigenvalue weighted by Gasteiger charge is -2.01. The molecule has 98 valence electrons. The Bertz CT molecular complexity index is 496. The Hall–Kier alpha value is -0.800. The van der Waals surface area contributed by atoms with Gasteiger partial charge in [-0.25, -0.2) is 0 Å². The summed E-state index contributed by atoms with van der Waals surface area (Å²) < 4.78 is 0. The number of nitrogens with two attached hydrogens (primary N) is 1. The quantitative estimate of drug-likeness (QED) is 0.695. The number of unbranched alkanes of at least 4 members (excludes halogenated alkanes) is 3. The first-order chi connectivity index (χ1) is 8.70. The number of rotatable bonds is 6. The lowest BCUT2D eigenvalue weighted by Crippen LogP contribution is -1.85. The summed E-state index contributed by atoms with van der Waals surface area (Å²) in [6.07, 6.45) is 6.51. The largest absolute Gasteiger partial charge is 0.398 e. The Balaban J connectivity index is 2.10. The number of nitrogen functional groups attached to an aromatic ring is 1. The molecule has 0 spiro atoms. The monoisotopic (exact) mass is 279 g/mol. The molecule has 0 amide bonds. The maximum atomic E-state index is 5.83. The van der Waals surface area contributed by atoms with Crippen LogP contribution in [0.15, 0.2) is 17.5 Å². The van der Waals surface area contributed by atoms with Gasteiger partial charge in [0, 0.05) is 25.7 Å². The highest BCUT2D eigenvalue weighted by Gasteiger charge is 2.10. The van der Waals surface area contributed by atoms with Crippen molar-refractivity contribution in [2.45, 2.75) is 46.0 Å². The van der Waals surface area contributed by atoms with E-state index in [0.29, 0.717) is 0 Å². The van der Waals surface area contributed by atoms with Crippen molar-refractivity contribution in [3.63, 3.8) is 0 Å². The minimum Gasteiger partial charge on any atom is -0.398 e. The van der Waals surface area contributed by atoms with Gasteiger partial charge in [-0.1, -0.05) is 26.2 Å². The van der Waals surface area contributed by atoms with Crippen molar-refractivity contribution in [3.8, 4) is 9.75 Å². The van der Waals surface area contributed by atoms with E-state index in [0.717, 1.165) is 5.69 Å². The Morgan fingerprint density at radius 2 is 2.00 bits per heavy atom. The minimum absolute atomic E-state index is 0.887. The van der Waals surface area contributed by atoms with Crippen LogP contribution in [-0.4, -0.2) is 0 Å². The molecule has 3 heteroatoms. The highest BCUT2D eigenvalue weighted by Crippen LogP contribution is 2.37. The van der Waals surface area contributed by atoms with Crippen molar-refractivity contribution in [3.05, 3.63) is 28.0 Å². The van der Waals surface area contributed by atoms with E-state index in [9.17, 15) is 0 Å². The number of hydrogen-bond donors (Lipinski definition) is 1. The highest BCUT2D eigenvalue weighted by molar-refractivity contribution is 7.21. The third-order valence-corrected chi connectivity index (χ3v) is 5.30. The molecule has 0 aliphatic rings. The molecule has 0 saturated heterocycles. The second kappa shape index (κ2) is 6.39. The van der Waals surface area contributed by atoms with E-state index in [1.54, 1.807) is 11.3 Å². The minimum atomic E-state index is 0.887. The van der Waals surface area contributed by atoms with Gasteiger partial charge in [-0.2, -0.15) is 0 Å². The van der Waals surface area contributed by atoms with E-state index in [-0.39, 0.29) is 0 Å². The van der Waals surface area contributed by atoms with Crippen molar-refractivity contribution < 1.29 is 0 Å². The molecule has 2 N–H and O–H groups in total. The number of anilines is 1. The third-order valence-electron chi connectivity index (χ3n) is 3.08. The van der Waals surface area contributed by atoms with E-state index in [4.69, 9.17) is 5.73 Å². The van der Waals surface area contributed by atoms with E-state index >= 15 is 0 Å². The zero-order valence-electron chi connectivity index (χ0n) is 11.2. The van der Waals surface area contributed by atoms with Crippen LogP contribution in [0.1, 0.15) is 43.0 Å². The summed E-state index contributed by atoms with van der Waals surface area (Å²) in [6, 6.07) is 4.45. The lowest BCUT2D eigenvalue weighted by atomic mass is 10.1. The van der Waals surface area contributed by atoms with E-state index in [1.165, 1.54) is 52.3 Å².